The van der Waals surface area contributed by atoms with Crippen LogP contribution in [0.5, 0.6) is 0 Å². The number of imidazole rings is 1. The molecule has 1 fully saturated rings. The molecule has 1 aromatic heterocycles. The number of aromatic nitrogens is 2. The molecule has 0 spiro atoms. The minimum atomic E-state index is -1.17. The van der Waals surface area contributed by atoms with Gasteiger partial charge in [0.2, 0.25) is 0 Å². The second-order valence-electron chi connectivity index (χ2n) is 5.52. The predicted octanol–water partition coefficient (Wildman–Crippen LogP) is 1.66. The number of amides is 1. The summed E-state index contributed by atoms with van der Waals surface area (Å²) in [7, 11) is 0. The van der Waals surface area contributed by atoms with Gasteiger partial charge in [0.05, 0.1) is 6.33 Å². The van der Waals surface area contributed by atoms with Crippen LogP contribution in [0, 0.1) is 11.8 Å². The predicted molar refractivity (Wildman–Crippen MR) is 69.0 cm³/mol. The topological polar surface area (TPSA) is 95.1 Å². The molecule has 6 nitrogen and oxygen atoms in total. The van der Waals surface area contributed by atoms with Crippen molar-refractivity contribution in [1.82, 2.24) is 15.3 Å². The Balaban J connectivity index is 2.04. The van der Waals surface area contributed by atoms with Crippen LogP contribution in [0.4, 0.5) is 0 Å². The maximum absolute atomic E-state index is 12.1. The molecule has 2 unspecified atom stereocenters. The van der Waals surface area contributed by atoms with Crippen molar-refractivity contribution in [3.05, 3.63) is 17.7 Å². The molecule has 1 aliphatic rings. The molecule has 2 rings (SSSR count). The molecule has 1 heterocycles. The summed E-state index contributed by atoms with van der Waals surface area (Å²) in [6.45, 7) is 4.35. The van der Waals surface area contributed by atoms with Crippen molar-refractivity contribution in [1.29, 1.82) is 0 Å². The second-order valence-corrected chi connectivity index (χ2v) is 5.52. The van der Waals surface area contributed by atoms with Gasteiger partial charge in [0.1, 0.15) is 0 Å². The molecule has 0 radical (unpaired) electrons. The van der Waals surface area contributed by atoms with E-state index in [0.717, 1.165) is 12.8 Å². The molecule has 104 valence electrons. The van der Waals surface area contributed by atoms with E-state index in [1.54, 1.807) is 0 Å². The van der Waals surface area contributed by atoms with Crippen molar-refractivity contribution in [2.75, 3.05) is 0 Å². The van der Waals surface area contributed by atoms with Gasteiger partial charge in [0.25, 0.3) is 5.91 Å². The van der Waals surface area contributed by atoms with Crippen molar-refractivity contribution in [3.8, 4) is 0 Å². The number of H-pyrrole nitrogens is 1. The van der Waals surface area contributed by atoms with E-state index in [9.17, 15) is 9.59 Å². The third kappa shape index (κ3) is 3.13. The average Bonchev–Trinajstić information content (AvgIpc) is 2.75. The minimum Gasteiger partial charge on any atom is -0.477 e. The van der Waals surface area contributed by atoms with Gasteiger partial charge >= 0.3 is 5.97 Å². The molecule has 1 amide bonds. The van der Waals surface area contributed by atoms with Crippen molar-refractivity contribution in [2.45, 2.75) is 39.2 Å². The van der Waals surface area contributed by atoms with E-state index < -0.39 is 11.9 Å². The Morgan fingerprint density at radius 2 is 1.95 bits per heavy atom. The molecule has 0 aromatic carbocycles. The van der Waals surface area contributed by atoms with Gasteiger partial charge in [0, 0.05) is 6.04 Å². The highest BCUT2D eigenvalue weighted by molar-refractivity contribution is 6.02. The standard InChI is InChI=1S/C13H19N3O3/c1-7-3-8(2)5-9(4-7)16-12(17)10-11(13(18)19)15-6-14-10/h6-9H,3-5H2,1-2H3,(H,14,15)(H,16,17)(H,18,19). The number of carbonyl (C=O) groups is 2. The maximum atomic E-state index is 12.1. The summed E-state index contributed by atoms with van der Waals surface area (Å²) in [5, 5.41) is 11.8. The number of rotatable bonds is 3. The number of hydrogen-bond acceptors (Lipinski definition) is 3. The summed E-state index contributed by atoms with van der Waals surface area (Å²) >= 11 is 0. The molecule has 0 aliphatic heterocycles. The number of nitrogens with one attached hydrogen (secondary N) is 2. The SMILES string of the molecule is CC1CC(C)CC(NC(=O)c2nc[nH]c2C(=O)O)C1. The highest BCUT2D eigenvalue weighted by Crippen LogP contribution is 2.28. The summed E-state index contributed by atoms with van der Waals surface area (Å²) in [6, 6.07) is 0.101. The van der Waals surface area contributed by atoms with E-state index in [4.69, 9.17) is 5.11 Å². The van der Waals surface area contributed by atoms with Gasteiger partial charge < -0.3 is 15.4 Å². The fourth-order valence-electron chi connectivity index (χ4n) is 2.95. The summed E-state index contributed by atoms with van der Waals surface area (Å²) in [6.07, 6.45) is 4.27. The lowest BCUT2D eigenvalue weighted by Crippen LogP contribution is -2.40. The van der Waals surface area contributed by atoms with Crippen molar-refractivity contribution in [2.24, 2.45) is 11.8 Å². The van der Waals surface area contributed by atoms with Crippen LogP contribution in [0.3, 0.4) is 0 Å². The average molecular weight is 265 g/mol. The smallest absolute Gasteiger partial charge is 0.354 e. The quantitative estimate of drug-likeness (QED) is 0.774. The summed E-state index contributed by atoms with van der Waals surface area (Å²) < 4.78 is 0. The second kappa shape index (κ2) is 5.42. The number of carboxylic acid groups (broad SMARTS) is 1. The van der Waals surface area contributed by atoms with Crippen molar-refractivity contribution >= 4 is 11.9 Å². The third-order valence-electron chi connectivity index (χ3n) is 3.58. The van der Waals surface area contributed by atoms with Gasteiger partial charge in [-0.15, -0.1) is 0 Å². The molecule has 6 heteroatoms. The Labute approximate surface area is 111 Å². The van der Waals surface area contributed by atoms with E-state index in [-0.39, 0.29) is 17.4 Å². The van der Waals surface area contributed by atoms with Crippen LogP contribution in [-0.2, 0) is 0 Å². The number of aromatic carboxylic acids is 1. The molecule has 1 aromatic rings. The highest BCUT2D eigenvalue weighted by Gasteiger charge is 2.27. The van der Waals surface area contributed by atoms with Gasteiger partial charge in [0.15, 0.2) is 11.4 Å². The molecule has 19 heavy (non-hydrogen) atoms. The lowest BCUT2D eigenvalue weighted by Gasteiger charge is -2.31. The zero-order valence-electron chi connectivity index (χ0n) is 11.1. The van der Waals surface area contributed by atoms with Crippen LogP contribution in [0.2, 0.25) is 0 Å². The normalized spacial score (nSPS) is 26.9. The maximum Gasteiger partial charge on any atom is 0.354 e. The third-order valence-corrected chi connectivity index (χ3v) is 3.58. The van der Waals surface area contributed by atoms with Crippen LogP contribution in [-0.4, -0.2) is 33.0 Å². The molecular formula is C13H19N3O3. The number of carbonyl (C=O) groups excluding carboxylic acids is 1. The first-order chi connectivity index (χ1) is 8.97. The van der Waals surface area contributed by atoms with Gasteiger partial charge in [-0.3, -0.25) is 4.79 Å². The first-order valence-electron chi connectivity index (χ1n) is 6.55. The van der Waals surface area contributed by atoms with E-state index in [1.165, 1.54) is 12.7 Å². The number of aromatic amines is 1. The fraction of sp³-hybridized carbons (Fsp3) is 0.615. The molecule has 1 saturated carbocycles. The monoisotopic (exact) mass is 265 g/mol. The van der Waals surface area contributed by atoms with Crippen LogP contribution in [0.1, 0.15) is 54.1 Å². The lowest BCUT2D eigenvalue weighted by atomic mass is 9.80. The molecule has 1 aliphatic carbocycles. The fourth-order valence-corrected chi connectivity index (χ4v) is 2.95. The van der Waals surface area contributed by atoms with Gasteiger partial charge in [-0.1, -0.05) is 13.8 Å². The Bertz CT molecular complexity index is 473. The van der Waals surface area contributed by atoms with Crippen molar-refractivity contribution < 1.29 is 14.7 Å². The Kier molecular flexibility index (Phi) is 3.87. The van der Waals surface area contributed by atoms with Crippen LogP contribution >= 0.6 is 0 Å². The molecular weight excluding hydrogens is 246 g/mol. The van der Waals surface area contributed by atoms with Gasteiger partial charge in [-0.05, 0) is 31.1 Å². The minimum absolute atomic E-state index is 0.0432. The van der Waals surface area contributed by atoms with Crippen LogP contribution in [0.15, 0.2) is 6.33 Å². The summed E-state index contributed by atoms with van der Waals surface area (Å²) in [5.74, 6) is -0.433. The zero-order valence-corrected chi connectivity index (χ0v) is 11.1. The van der Waals surface area contributed by atoms with Crippen molar-refractivity contribution in [3.63, 3.8) is 0 Å². The molecule has 3 N–H and O–H groups in total. The first kappa shape index (κ1) is 13.6. The summed E-state index contributed by atoms with van der Waals surface area (Å²) in [5.41, 5.74) is -0.201. The number of carboxylic acids is 1. The first-order valence-corrected chi connectivity index (χ1v) is 6.55. The van der Waals surface area contributed by atoms with E-state index in [0.29, 0.717) is 11.8 Å². The van der Waals surface area contributed by atoms with Gasteiger partial charge in [-0.25, -0.2) is 9.78 Å². The molecule has 0 saturated heterocycles. The zero-order chi connectivity index (χ0) is 14.0. The Morgan fingerprint density at radius 3 is 2.53 bits per heavy atom. The lowest BCUT2D eigenvalue weighted by molar-refractivity contribution is 0.0683. The van der Waals surface area contributed by atoms with Crippen LogP contribution in [0.25, 0.3) is 0 Å². The Hall–Kier alpha value is -1.85. The number of nitrogens with zero attached hydrogens (tertiary/aromatic N) is 1. The van der Waals surface area contributed by atoms with Crippen LogP contribution < -0.4 is 5.32 Å². The largest absolute Gasteiger partial charge is 0.477 e. The number of hydrogen-bond donors (Lipinski definition) is 3. The van der Waals surface area contributed by atoms with Gasteiger partial charge in [-0.2, -0.15) is 0 Å². The Morgan fingerprint density at radius 1 is 1.32 bits per heavy atom. The summed E-state index contributed by atoms with van der Waals surface area (Å²) in [4.78, 5) is 29.2. The highest BCUT2D eigenvalue weighted by atomic mass is 16.4. The molecule has 0 bridgehead atoms. The van der Waals surface area contributed by atoms with E-state index >= 15 is 0 Å². The van der Waals surface area contributed by atoms with E-state index in [2.05, 4.69) is 29.1 Å². The molecule has 2 atom stereocenters. The van der Waals surface area contributed by atoms with E-state index in [1.807, 2.05) is 0 Å².